The van der Waals surface area contributed by atoms with E-state index in [0.717, 1.165) is 17.0 Å². The number of halogens is 1. The lowest BCUT2D eigenvalue weighted by Gasteiger charge is -1.93. The Morgan fingerprint density at radius 2 is 2.07 bits per heavy atom. The van der Waals surface area contributed by atoms with Crippen LogP contribution >= 0.6 is 11.6 Å². The highest BCUT2D eigenvalue weighted by molar-refractivity contribution is 6.27. The molecule has 2 heterocycles. The second-order valence-electron chi connectivity index (χ2n) is 3.04. The normalized spacial score (nSPS) is 10.9. The van der Waals surface area contributed by atoms with Gasteiger partial charge < -0.3 is 4.52 Å². The second-order valence-corrected chi connectivity index (χ2v) is 3.36. The van der Waals surface area contributed by atoms with Crippen molar-refractivity contribution in [2.24, 2.45) is 7.05 Å². The van der Waals surface area contributed by atoms with Gasteiger partial charge in [0.05, 0.1) is 11.3 Å². The minimum absolute atomic E-state index is 0.0441. The highest BCUT2D eigenvalue weighted by Crippen LogP contribution is 2.24. The maximum absolute atomic E-state index is 5.55. The molecule has 2 aromatic rings. The number of hydrogen-bond donors (Lipinski definition) is 0. The quantitative estimate of drug-likeness (QED) is 0.723. The average molecular weight is 213 g/mol. The molecule has 0 atom stereocenters. The molecule has 6 heteroatoms. The molecule has 0 aliphatic carbocycles. The van der Waals surface area contributed by atoms with Crippen LogP contribution in [-0.4, -0.2) is 19.9 Å². The summed E-state index contributed by atoms with van der Waals surface area (Å²) >= 11 is 5.55. The molecule has 0 spiro atoms. The monoisotopic (exact) mass is 212 g/mol. The van der Waals surface area contributed by atoms with Crippen LogP contribution in [-0.2, 0) is 7.05 Å². The molecular formula is C8H9ClN4O. The summed E-state index contributed by atoms with van der Waals surface area (Å²) in [7, 11) is 1.87. The van der Waals surface area contributed by atoms with E-state index in [0.29, 0.717) is 5.82 Å². The van der Waals surface area contributed by atoms with Gasteiger partial charge in [-0.05, 0) is 25.4 Å². The fraction of sp³-hybridized carbons (Fsp3) is 0.375. The Labute approximate surface area is 85.7 Å². The van der Waals surface area contributed by atoms with Crippen molar-refractivity contribution in [3.63, 3.8) is 0 Å². The van der Waals surface area contributed by atoms with Crippen molar-refractivity contribution in [1.82, 2.24) is 19.9 Å². The summed E-state index contributed by atoms with van der Waals surface area (Å²) in [6.07, 6.45) is 0. The molecule has 0 radical (unpaired) electrons. The largest absolute Gasteiger partial charge is 0.321 e. The molecule has 0 aliphatic heterocycles. The molecule has 74 valence electrons. The van der Waals surface area contributed by atoms with Crippen LogP contribution in [0.15, 0.2) is 4.52 Å². The van der Waals surface area contributed by atoms with Crippen LogP contribution in [0.1, 0.15) is 11.4 Å². The first-order valence-corrected chi connectivity index (χ1v) is 4.47. The predicted octanol–water partition coefficient (Wildman–Crippen LogP) is 1.74. The lowest BCUT2D eigenvalue weighted by Crippen LogP contribution is -1.92. The Kier molecular flexibility index (Phi) is 2.03. The van der Waals surface area contributed by atoms with Crippen LogP contribution in [0.3, 0.4) is 0 Å². The fourth-order valence-electron chi connectivity index (χ4n) is 1.40. The third kappa shape index (κ3) is 1.29. The number of hydrogen-bond acceptors (Lipinski definition) is 4. The van der Waals surface area contributed by atoms with E-state index in [1.54, 1.807) is 4.68 Å². The minimum atomic E-state index is 0.0441. The van der Waals surface area contributed by atoms with E-state index < -0.39 is 0 Å². The van der Waals surface area contributed by atoms with Gasteiger partial charge in [0, 0.05) is 12.7 Å². The molecule has 2 rings (SSSR count). The number of aromatic nitrogens is 4. The molecule has 0 amide bonds. The van der Waals surface area contributed by atoms with Crippen molar-refractivity contribution in [2.45, 2.75) is 13.8 Å². The molecule has 0 unspecified atom stereocenters. The van der Waals surface area contributed by atoms with Crippen molar-refractivity contribution in [2.75, 3.05) is 0 Å². The van der Waals surface area contributed by atoms with Crippen LogP contribution in [0.5, 0.6) is 0 Å². The van der Waals surface area contributed by atoms with Gasteiger partial charge in [-0.2, -0.15) is 10.1 Å². The van der Waals surface area contributed by atoms with Crippen LogP contribution in [0, 0.1) is 13.8 Å². The molecule has 0 saturated carbocycles. The van der Waals surface area contributed by atoms with Gasteiger partial charge in [0.1, 0.15) is 0 Å². The summed E-state index contributed by atoms with van der Waals surface area (Å²) in [5.41, 5.74) is 2.73. The van der Waals surface area contributed by atoms with Crippen molar-refractivity contribution >= 4 is 11.6 Å². The number of aryl methyl sites for hydroxylation is 2. The van der Waals surface area contributed by atoms with E-state index in [9.17, 15) is 0 Å². The minimum Gasteiger partial charge on any atom is -0.321 e. The van der Waals surface area contributed by atoms with Crippen molar-refractivity contribution in [3.8, 4) is 11.4 Å². The summed E-state index contributed by atoms with van der Waals surface area (Å²) in [4.78, 5) is 3.95. The van der Waals surface area contributed by atoms with Gasteiger partial charge in [0.25, 0.3) is 0 Å². The fourth-order valence-corrected chi connectivity index (χ4v) is 1.52. The highest BCUT2D eigenvalue weighted by atomic mass is 35.5. The van der Waals surface area contributed by atoms with E-state index in [1.807, 2.05) is 20.9 Å². The molecule has 14 heavy (non-hydrogen) atoms. The first-order chi connectivity index (χ1) is 6.59. The highest BCUT2D eigenvalue weighted by Gasteiger charge is 2.16. The zero-order valence-corrected chi connectivity index (χ0v) is 8.83. The Balaban J connectivity index is 2.61. The molecule has 0 aromatic carbocycles. The molecule has 0 saturated heterocycles. The van der Waals surface area contributed by atoms with Gasteiger partial charge in [-0.3, -0.25) is 4.68 Å². The van der Waals surface area contributed by atoms with E-state index >= 15 is 0 Å². The maximum atomic E-state index is 5.55. The van der Waals surface area contributed by atoms with Crippen molar-refractivity contribution in [1.29, 1.82) is 0 Å². The molecule has 0 bridgehead atoms. The standard InChI is InChI=1S/C8H9ClN4O/c1-4-6(5(2)13(3)11-4)7-10-8(9)14-12-7/h1-3H3. The molecular weight excluding hydrogens is 204 g/mol. The molecule has 5 nitrogen and oxygen atoms in total. The number of nitrogens with zero attached hydrogens (tertiary/aromatic N) is 4. The van der Waals surface area contributed by atoms with E-state index in [1.165, 1.54) is 0 Å². The molecule has 2 aromatic heterocycles. The SMILES string of the molecule is Cc1nn(C)c(C)c1-c1noc(Cl)n1. The van der Waals surface area contributed by atoms with Crippen LogP contribution in [0.2, 0.25) is 5.35 Å². The van der Waals surface area contributed by atoms with Gasteiger partial charge in [0.2, 0.25) is 5.82 Å². The van der Waals surface area contributed by atoms with E-state index in [2.05, 4.69) is 15.2 Å². The average Bonchev–Trinajstić information content (AvgIpc) is 2.60. The van der Waals surface area contributed by atoms with Crippen molar-refractivity contribution < 1.29 is 4.52 Å². The third-order valence-corrected chi connectivity index (χ3v) is 2.29. The third-order valence-electron chi connectivity index (χ3n) is 2.13. The topological polar surface area (TPSA) is 56.7 Å². The van der Waals surface area contributed by atoms with Crippen LogP contribution in [0.4, 0.5) is 0 Å². The lowest BCUT2D eigenvalue weighted by molar-refractivity contribution is 0.420. The van der Waals surface area contributed by atoms with E-state index in [4.69, 9.17) is 16.1 Å². The maximum Gasteiger partial charge on any atom is 0.320 e. The number of rotatable bonds is 1. The smallest absolute Gasteiger partial charge is 0.320 e. The summed E-state index contributed by atoms with van der Waals surface area (Å²) in [5, 5.41) is 8.04. The summed E-state index contributed by atoms with van der Waals surface area (Å²) in [6.45, 7) is 3.84. The summed E-state index contributed by atoms with van der Waals surface area (Å²) < 4.78 is 6.48. The van der Waals surface area contributed by atoms with Gasteiger partial charge >= 0.3 is 5.35 Å². The van der Waals surface area contributed by atoms with Crippen molar-refractivity contribution in [3.05, 3.63) is 16.7 Å². The van der Waals surface area contributed by atoms with Gasteiger partial charge in [-0.25, -0.2) is 0 Å². The second kappa shape index (κ2) is 3.09. The molecule has 0 N–H and O–H groups in total. The molecule has 0 aliphatic rings. The Hall–Kier alpha value is -1.36. The lowest BCUT2D eigenvalue weighted by atomic mass is 10.2. The first-order valence-electron chi connectivity index (χ1n) is 4.09. The summed E-state index contributed by atoms with van der Waals surface area (Å²) in [5.74, 6) is 0.484. The first kappa shape index (κ1) is 9.21. The van der Waals surface area contributed by atoms with Gasteiger partial charge in [0.15, 0.2) is 0 Å². The Bertz CT molecular complexity index is 474. The van der Waals surface area contributed by atoms with Crippen LogP contribution in [0.25, 0.3) is 11.4 Å². The Morgan fingerprint density at radius 3 is 2.50 bits per heavy atom. The van der Waals surface area contributed by atoms with Crippen LogP contribution < -0.4 is 0 Å². The molecule has 0 fully saturated rings. The zero-order valence-electron chi connectivity index (χ0n) is 8.08. The Morgan fingerprint density at radius 1 is 1.36 bits per heavy atom. The summed E-state index contributed by atoms with van der Waals surface area (Å²) in [6, 6.07) is 0. The van der Waals surface area contributed by atoms with Gasteiger partial charge in [-0.1, -0.05) is 5.16 Å². The zero-order chi connectivity index (χ0) is 10.3. The van der Waals surface area contributed by atoms with E-state index in [-0.39, 0.29) is 5.35 Å². The van der Waals surface area contributed by atoms with Gasteiger partial charge in [-0.15, -0.1) is 0 Å². The predicted molar refractivity (Wildman–Crippen MR) is 51.0 cm³/mol.